The van der Waals surface area contributed by atoms with Crippen LogP contribution >= 0.6 is 0 Å². The summed E-state index contributed by atoms with van der Waals surface area (Å²) in [6, 6.07) is 11.4. The minimum atomic E-state index is -3.92. The summed E-state index contributed by atoms with van der Waals surface area (Å²) in [5.41, 5.74) is 6.54. The maximum atomic E-state index is 14.0. The first-order valence-corrected chi connectivity index (χ1v) is 10.5. The molecule has 10 heteroatoms. The van der Waals surface area contributed by atoms with Crippen LogP contribution in [0.1, 0.15) is 0 Å². The summed E-state index contributed by atoms with van der Waals surface area (Å²) in [4.78, 5) is 10.9. The number of rotatable bonds is 6. The number of halogens is 1. The number of urea groups is 1. The van der Waals surface area contributed by atoms with Gasteiger partial charge in [0, 0.05) is 35.5 Å². The predicted molar refractivity (Wildman–Crippen MR) is 110 cm³/mol. The molecule has 4 aromatic rings. The first-order chi connectivity index (χ1) is 14.4. The molecule has 0 bridgehead atoms. The molecule has 0 radical (unpaired) electrons. The third kappa shape index (κ3) is 3.64. The molecule has 8 nitrogen and oxygen atoms in total. The molecule has 30 heavy (non-hydrogen) atoms. The molecule has 2 aromatic carbocycles. The van der Waals surface area contributed by atoms with Crippen LogP contribution in [-0.4, -0.2) is 34.7 Å². The molecular formula is C20H18FN5O3S. The Hall–Kier alpha value is -3.66. The van der Waals surface area contributed by atoms with Gasteiger partial charge in [0.15, 0.2) is 0 Å². The Morgan fingerprint density at radius 2 is 1.90 bits per heavy atom. The number of fused-ring (bicyclic) bond motifs is 1. The van der Waals surface area contributed by atoms with Gasteiger partial charge in [-0.2, -0.15) is 5.10 Å². The molecule has 0 aliphatic carbocycles. The van der Waals surface area contributed by atoms with E-state index in [1.54, 1.807) is 41.3 Å². The second-order valence-electron chi connectivity index (χ2n) is 6.60. The summed E-state index contributed by atoms with van der Waals surface area (Å²) in [7, 11) is -3.92. The van der Waals surface area contributed by atoms with Gasteiger partial charge in [0.2, 0.25) is 0 Å². The average Bonchev–Trinajstić information content (AvgIpc) is 3.33. The highest BCUT2D eigenvalue weighted by Crippen LogP contribution is 2.33. The Morgan fingerprint density at radius 1 is 1.13 bits per heavy atom. The van der Waals surface area contributed by atoms with Crippen molar-refractivity contribution in [1.29, 1.82) is 0 Å². The van der Waals surface area contributed by atoms with Gasteiger partial charge in [-0.05, 0) is 30.3 Å². The van der Waals surface area contributed by atoms with Gasteiger partial charge in [0.05, 0.1) is 23.2 Å². The van der Waals surface area contributed by atoms with Crippen LogP contribution in [0.25, 0.3) is 22.0 Å². The number of amides is 2. The number of nitrogens with one attached hydrogen (secondary N) is 1. The van der Waals surface area contributed by atoms with E-state index in [4.69, 9.17) is 5.73 Å². The number of hydrogen-bond acceptors (Lipinski definition) is 4. The lowest BCUT2D eigenvalue weighted by Crippen LogP contribution is -2.32. The molecule has 0 saturated heterocycles. The number of carbonyl (C=O) groups excluding carboxylic acids is 1. The maximum Gasteiger partial charge on any atom is 0.312 e. The van der Waals surface area contributed by atoms with Gasteiger partial charge in [0.25, 0.3) is 10.0 Å². The zero-order chi connectivity index (χ0) is 21.3. The molecule has 2 aromatic heterocycles. The summed E-state index contributed by atoms with van der Waals surface area (Å²) in [6.07, 6.45) is 4.78. The number of primary amides is 1. The van der Waals surface area contributed by atoms with E-state index in [0.29, 0.717) is 29.6 Å². The summed E-state index contributed by atoms with van der Waals surface area (Å²) in [5, 5.41) is 7.28. The van der Waals surface area contributed by atoms with Crippen LogP contribution in [0.15, 0.2) is 72.0 Å². The smallest absolute Gasteiger partial charge is 0.312 e. The number of nitrogens with zero attached hydrogens (tertiary/aromatic N) is 3. The summed E-state index contributed by atoms with van der Waals surface area (Å²) >= 11 is 0. The minimum absolute atomic E-state index is 0.103. The highest BCUT2D eigenvalue weighted by atomic mass is 32.2. The van der Waals surface area contributed by atoms with Crippen LogP contribution in [0, 0.1) is 5.82 Å². The summed E-state index contributed by atoms with van der Waals surface area (Å²) < 4.78 is 43.0. The lowest BCUT2D eigenvalue weighted by Gasteiger charge is -2.07. The van der Waals surface area contributed by atoms with Crippen LogP contribution in [0.4, 0.5) is 9.18 Å². The Bertz CT molecular complexity index is 1330. The van der Waals surface area contributed by atoms with E-state index in [1.165, 1.54) is 30.5 Å². The standard InChI is InChI=1S/C20H18FN5O3S/c21-15-6-7-17-18(14-11-24-25(12-14)9-8-23-20(22)27)13-26(19(17)10-15)30(28,29)16-4-2-1-3-5-16/h1-7,10-13H,8-9H2,(H3,22,23,27). The minimum Gasteiger partial charge on any atom is -0.352 e. The van der Waals surface area contributed by atoms with Crippen molar-refractivity contribution >= 4 is 27.0 Å². The van der Waals surface area contributed by atoms with Crippen molar-refractivity contribution in [3.05, 3.63) is 72.9 Å². The first kappa shape index (κ1) is 19.6. The number of benzene rings is 2. The molecule has 4 rings (SSSR count). The van der Waals surface area contributed by atoms with Gasteiger partial charge >= 0.3 is 6.03 Å². The maximum absolute atomic E-state index is 14.0. The molecule has 3 N–H and O–H groups in total. The molecule has 0 aliphatic rings. The van der Waals surface area contributed by atoms with Crippen molar-refractivity contribution in [2.75, 3.05) is 6.54 Å². The highest BCUT2D eigenvalue weighted by molar-refractivity contribution is 7.90. The van der Waals surface area contributed by atoms with E-state index < -0.39 is 21.9 Å². The lowest BCUT2D eigenvalue weighted by molar-refractivity contribution is 0.248. The molecule has 2 amide bonds. The van der Waals surface area contributed by atoms with E-state index in [0.717, 1.165) is 3.97 Å². The first-order valence-electron chi connectivity index (χ1n) is 9.03. The molecule has 0 atom stereocenters. The lowest BCUT2D eigenvalue weighted by atomic mass is 10.1. The SMILES string of the molecule is NC(=O)NCCn1cc(-c2cn(S(=O)(=O)c3ccccc3)c3cc(F)ccc23)cn1. The monoisotopic (exact) mass is 427 g/mol. The fourth-order valence-corrected chi connectivity index (χ4v) is 4.61. The topological polar surface area (TPSA) is 112 Å². The van der Waals surface area contributed by atoms with Crippen molar-refractivity contribution in [2.45, 2.75) is 11.4 Å². The van der Waals surface area contributed by atoms with Crippen LogP contribution in [0.5, 0.6) is 0 Å². The number of nitrogens with two attached hydrogens (primary N) is 1. The fourth-order valence-electron chi connectivity index (χ4n) is 3.22. The second-order valence-corrected chi connectivity index (χ2v) is 8.42. The van der Waals surface area contributed by atoms with Crippen molar-refractivity contribution < 1.29 is 17.6 Å². The average molecular weight is 427 g/mol. The number of carbonyl (C=O) groups is 1. The zero-order valence-corrected chi connectivity index (χ0v) is 16.5. The number of aromatic nitrogens is 3. The third-order valence-corrected chi connectivity index (χ3v) is 6.31. The Morgan fingerprint density at radius 3 is 2.63 bits per heavy atom. The Balaban J connectivity index is 1.80. The largest absolute Gasteiger partial charge is 0.352 e. The summed E-state index contributed by atoms with van der Waals surface area (Å²) in [6.45, 7) is 0.685. The molecule has 2 heterocycles. The molecule has 154 valence electrons. The predicted octanol–water partition coefficient (Wildman–Crippen LogP) is 2.55. The third-order valence-electron chi connectivity index (χ3n) is 4.62. The molecule has 0 saturated carbocycles. The molecule has 0 aliphatic heterocycles. The van der Waals surface area contributed by atoms with Gasteiger partial charge in [-0.25, -0.2) is 21.6 Å². The summed E-state index contributed by atoms with van der Waals surface area (Å²) in [5.74, 6) is -0.537. The fraction of sp³-hybridized carbons (Fsp3) is 0.100. The van der Waals surface area contributed by atoms with Crippen LogP contribution in [-0.2, 0) is 16.6 Å². The van der Waals surface area contributed by atoms with Crippen LogP contribution in [0.3, 0.4) is 0 Å². The normalized spacial score (nSPS) is 11.6. The molecule has 0 unspecified atom stereocenters. The number of hydrogen-bond donors (Lipinski definition) is 2. The van der Waals surface area contributed by atoms with Crippen LogP contribution in [0.2, 0.25) is 0 Å². The van der Waals surface area contributed by atoms with E-state index in [9.17, 15) is 17.6 Å². The van der Waals surface area contributed by atoms with Gasteiger partial charge in [-0.1, -0.05) is 18.2 Å². The van der Waals surface area contributed by atoms with Gasteiger partial charge in [0.1, 0.15) is 5.82 Å². The van der Waals surface area contributed by atoms with Crippen LogP contribution < -0.4 is 11.1 Å². The van der Waals surface area contributed by atoms with Crippen molar-refractivity contribution in [3.8, 4) is 11.1 Å². The molecule has 0 fully saturated rings. The van der Waals surface area contributed by atoms with Gasteiger partial charge in [-0.3, -0.25) is 4.68 Å². The Kier molecular flexibility index (Phi) is 5.00. The molecule has 0 spiro atoms. The second kappa shape index (κ2) is 7.64. The van der Waals surface area contributed by atoms with E-state index in [2.05, 4.69) is 10.4 Å². The van der Waals surface area contributed by atoms with Gasteiger partial charge < -0.3 is 11.1 Å². The van der Waals surface area contributed by atoms with Gasteiger partial charge in [-0.15, -0.1) is 0 Å². The van der Waals surface area contributed by atoms with E-state index in [1.807, 2.05) is 0 Å². The Labute approximate surface area is 171 Å². The molecular weight excluding hydrogens is 409 g/mol. The quantitative estimate of drug-likeness (QED) is 0.492. The van der Waals surface area contributed by atoms with Crippen molar-refractivity contribution in [3.63, 3.8) is 0 Å². The van der Waals surface area contributed by atoms with Crippen molar-refractivity contribution in [1.82, 2.24) is 19.1 Å². The zero-order valence-electron chi connectivity index (χ0n) is 15.7. The van der Waals surface area contributed by atoms with E-state index in [-0.39, 0.29) is 10.4 Å². The highest BCUT2D eigenvalue weighted by Gasteiger charge is 2.22. The van der Waals surface area contributed by atoms with Crippen molar-refractivity contribution in [2.24, 2.45) is 5.73 Å². The van der Waals surface area contributed by atoms with E-state index >= 15 is 0 Å².